The van der Waals surface area contributed by atoms with Crippen molar-refractivity contribution in [2.24, 2.45) is 5.73 Å². The van der Waals surface area contributed by atoms with Crippen LogP contribution in [0.3, 0.4) is 0 Å². The predicted molar refractivity (Wildman–Crippen MR) is 53.8 cm³/mol. The predicted octanol–water partition coefficient (Wildman–Crippen LogP) is 0.329. The van der Waals surface area contributed by atoms with Crippen LogP contribution in [-0.2, 0) is 19.1 Å². The number of hydrogen-bond donors (Lipinski definition) is 1. The van der Waals surface area contributed by atoms with Crippen molar-refractivity contribution in [3.8, 4) is 0 Å². The zero-order valence-electron chi connectivity index (χ0n) is 9.07. The normalized spacial score (nSPS) is 13.1. The van der Waals surface area contributed by atoms with E-state index in [1.54, 1.807) is 6.92 Å². The monoisotopic (exact) mass is 213 g/mol. The van der Waals surface area contributed by atoms with Crippen LogP contribution in [0.15, 0.2) is 11.6 Å². The standard InChI is InChI=1S/C10H15NO4/c1-6(10(11)14)4-8(3)15-9(13)5-7(2)12/h4,8H,5H2,1-3H3,(H2,11,14). The van der Waals surface area contributed by atoms with Crippen LogP contribution in [-0.4, -0.2) is 23.8 Å². The van der Waals surface area contributed by atoms with Crippen molar-refractivity contribution in [3.05, 3.63) is 11.6 Å². The van der Waals surface area contributed by atoms with Crippen LogP contribution in [0.5, 0.6) is 0 Å². The Bertz CT molecular complexity index is 307. The molecule has 0 aromatic carbocycles. The second-order valence-electron chi connectivity index (χ2n) is 3.29. The lowest BCUT2D eigenvalue weighted by Gasteiger charge is -2.08. The molecule has 0 fully saturated rings. The molecule has 0 spiro atoms. The highest BCUT2D eigenvalue weighted by Crippen LogP contribution is 2.01. The molecule has 2 N–H and O–H groups in total. The number of ether oxygens (including phenoxy) is 1. The topological polar surface area (TPSA) is 86.5 Å². The minimum atomic E-state index is -0.608. The largest absolute Gasteiger partial charge is 0.458 e. The van der Waals surface area contributed by atoms with E-state index < -0.39 is 18.0 Å². The lowest BCUT2D eigenvalue weighted by molar-refractivity contribution is -0.148. The summed E-state index contributed by atoms with van der Waals surface area (Å²) in [4.78, 5) is 32.3. The molecule has 0 aliphatic heterocycles. The van der Waals surface area contributed by atoms with Crippen LogP contribution in [0.25, 0.3) is 0 Å². The molecule has 0 heterocycles. The van der Waals surface area contributed by atoms with Crippen LogP contribution < -0.4 is 5.73 Å². The Hall–Kier alpha value is -1.65. The molecule has 15 heavy (non-hydrogen) atoms. The fourth-order valence-corrected chi connectivity index (χ4v) is 0.920. The van der Waals surface area contributed by atoms with E-state index >= 15 is 0 Å². The van der Waals surface area contributed by atoms with Crippen molar-refractivity contribution in [2.75, 3.05) is 0 Å². The van der Waals surface area contributed by atoms with Gasteiger partial charge in [0.25, 0.3) is 0 Å². The van der Waals surface area contributed by atoms with E-state index in [1.807, 2.05) is 0 Å². The Kier molecular flexibility index (Phi) is 5.30. The number of hydrogen-bond acceptors (Lipinski definition) is 4. The van der Waals surface area contributed by atoms with Crippen LogP contribution >= 0.6 is 0 Å². The summed E-state index contributed by atoms with van der Waals surface area (Å²) in [7, 11) is 0. The number of esters is 1. The van der Waals surface area contributed by atoms with Gasteiger partial charge in [-0.3, -0.25) is 14.4 Å². The van der Waals surface area contributed by atoms with E-state index in [0.717, 1.165) is 0 Å². The third-order valence-corrected chi connectivity index (χ3v) is 1.58. The minimum Gasteiger partial charge on any atom is -0.458 e. The van der Waals surface area contributed by atoms with Crippen molar-refractivity contribution in [1.29, 1.82) is 0 Å². The lowest BCUT2D eigenvalue weighted by atomic mass is 10.2. The average molecular weight is 213 g/mol. The van der Waals surface area contributed by atoms with Gasteiger partial charge in [0.2, 0.25) is 5.91 Å². The number of amides is 1. The number of Topliss-reactive ketones (excluding diaryl/α,β-unsaturated/α-hetero) is 1. The molecule has 84 valence electrons. The Labute approximate surface area is 88.3 Å². The zero-order chi connectivity index (χ0) is 12.0. The van der Waals surface area contributed by atoms with Gasteiger partial charge in [0.05, 0.1) is 0 Å². The highest BCUT2D eigenvalue weighted by molar-refractivity contribution is 5.94. The summed E-state index contributed by atoms with van der Waals surface area (Å²) >= 11 is 0. The van der Waals surface area contributed by atoms with Gasteiger partial charge in [-0.1, -0.05) is 0 Å². The van der Waals surface area contributed by atoms with E-state index in [4.69, 9.17) is 10.5 Å². The van der Waals surface area contributed by atoms with E-state index in [1.165, 1.54) is 19.9 Å². The van der Waals surface area contributed by atoms with Gasteiger partial charge in [-0.05, 0) is 26.8 Å². The van der Waals surface area contributed by atoms with E-state index in [9.17, 15) is 14.4 Å². The van der Waals surface area contributed by atoms with E-state index in [-0.39, 0.29) is 12.2 Å². The van der Waals surface area contributed by atoms with Gasteiger partial charge >= 0.3 is 5.97 Å². The molecule has 0 saturated heterocycles. The smallest absolute Gasteiger partial charge is 0.313 e. The maximum absolute atomic E-state index is 11.0. The van der Waals surface area contributed by atoms with Crippen molar-refractivity contribution in [1.82, 2.24) is 0 Å². The maximum atomic E-state index is 11.0. The van der Waals surface area contributed by atoms with Gasteiger partial charge < -0.3 is 10.5 Å². The fourth-order valence-electron chi connectivity index (χ4n) is 0.920. The van der Waals surface area contributed by atoms with Gasteiger partial charge in [0, 0.05) is 5.57 Å². The summed E-state index contributed by atoms with van der Waals surface area (Å²) in [6, 6.07) is 0. The minimum absolute atomic E-state index is 0.256. The summed E-state index contributed by atoms with van der Waals surface area (Å²) in [6.07, 6.45) is 0.609. The number of carbonyl (C=O) groups excluding carboxylic acids is 3. The Morgan fingerprint density at radius 2 is 1.87 bits per heavy atom. The molecule has 5 nitrogen and oxygen atoms in total. The quantitative estimate of drug-likeness (QED) is 0.405. The molecule has 0 rings (SSSR count). The van der Waals surface area contributed by atoms with Crippen molar-refractivity contribution < 1.29 is 19.1 Å². The molecule has 0 bridgehead atoms. The number of rotatable bonds is 5. The highest BCUT2D eigenvalue weighted by atomic mass is 16.5. The van der Waals surface area contributed by atoms with Crippen LogP contribution in [0.1, 0.15) is 27.2 Å². The number of primary amides is 1. The summed E-state index contributed by atoms with van der Waals surface area (Å²) in [6.45, 7) is 4.42. The molecule has 0 aliphatic carbocycles. The first-order chi connectivity index (χ1) is 6.82. The Morgan fingerprint density at radius 1 is 1.33 bits per heavy atom. The molecule has 1 atom stereocenters. The summed E-state index contributed by atoms with van der Waals surface area (Å²) in [5.74, 6) is -1.43. The molecule has 1 unspecified atom stereocenters. The molecule has 0 aliphatic rings. The van der Waals surface area contributed by atoms with Crippen molar-refractivity contribution in [2.45, 2.75) is 33.3 Å². The van der Waals surface area contributed by atoms with Gasteiger partial charge in [-0.25, -0.2) is 0 Å². The van der Waals surface area contributed by atoms with Crippen molar-refractivity contribution in [3.63, 3.8) is 0 Å². The first kappa shape index (κ1) is 13.4. The molecule has 1 amide bonds. The fraction of sp³-hybridized carbons (Fsp3) is 0.500. The summed E-state index contributed by atoms with van der Waals surface area (Å²) < 4.78 is 4.84. The number of carbonyl (C=O) groups is 3. The first-order valence-corrected chi connectivity index (χ1v) is 4.50. The molecular formula is C10H15NO4. The van der Waals surface area contributed by atoms with Gasteiger partial charge in [0.15, 0.2) is 0 Å². The first-order valence-electron chi connectivity index (χ1n) is 4.50. The van der Waals surface area contributed by atoms with Gasteiger partial charge in [-0.2, -0.15) is 0 Å². The van der Waals surface area contributed by atoms with E-state index in [2.05, 4.69) is 0 Å². The Morgan fingerprint density at radius 3 is 2.27 bits per heavy atom. The summed E-state index contributed by atoms with van der Waals surface area (Å²) in [5.41, 5.74) is 5.31. The average Bonchev–Trinajstić information content (AvgIpc) is 2.00. The van der Waals surface area contributed by atoms with Crippen LogP contribution in [0.2, 0.25) is 0 Å². The zero-order valence-corrected chi connectivity index (χ0v) is 9.07. The molecule has 5 heteroatoms. The number of nitrogens with two attached hydrogens (primary N) is 1. The maximum Gasteiger partial charge on any atom is 0.313 e. The lowest BCUT2D eigenvalue weighted by Crippen LogP contribution is -2.18. The SMILES string of the molecule is CC(=O)CC(=O)OC(C)C=C(C)C(N)=O. The second kappa shape index (κ2) is 5.95. The highest BCUT2D eigenvalue weighted by Gasteiger charge is 2.10. The van der Waals surface area contributed by atoms with Gasteiger partial charge in [0.1, 0.15) is 18.3 Å². The van der Waals surface area contributed by atoms with Crippen LogP contribution in [0, 0.1) is 0 Å². The van der Waals surface area contributed by atoms with E-state index in [0.29, 0.717) is 5.57 Å². The molecular weight excluding hydrogens is 198 g/mol. The third kappa shape index (κ3) is 6.42. The molecule has 0 aromatic heterocycles. The third-order valence-electron chi connectivity index (χ3n) is 1.58. The van der Waals surface area contributed by atoms with Crippen molar-refractivity contribution >= 4 is 17.7 Å². The Balaban J connectivity index is 4.20. The molecule has 0 aromatic rings. The van der Waals surface area contributed by atoms with Gasteiger partial charge in [-0.15, -0.1) is 0 Å². The molecule has 0 radical (unpaired) electrons. The summed E-state index contributed by atoms with van der Waals surface area (Å²) in [5, 5.41) is 0. The number of ketones is 1. The van der Waals surface area contributed by atoms with Crippen LogP contribution in [0.4, 0.5) is 0 Å². The molecule has 0 saturated carbocycles. The second-order valence-corrected chi connectivity index (χ2v) is 3.29.